The third-order valence-electron chi connectivity index (χ3n) is 2.95. The highest BCUT2D eigenvalue weighted by atomic mass is 16.6. The van der Waals surface area contributed by atoms with Crippen molar-refractivity contribution in [3.05, 3.63) is 52.0 Å². The molecular formula is C14H15N5O4. The molecule has 0 aliphatic heterocycles. The van der Waals surface area contributed by atoms with Crippen LogP contribution in [0.4, 0.5) is 11.5 Å². The van der Waals surface area contributed by atoms with Gasteiger partial charge in [0.2, 0.25) is 5.82 Å². The first kappa shape index (κ1) is 16.3. The molecule has 2 aromatic heterocycles. The van der Waals surface area contributed by atoms with Gasteiger partial charge in [-0.3, -0.25) is 10.1 Å². The van der Waals surface area contributed by atoms with Gasteiger partial charge >= 0.3 is 11.7 Å². The molecular weight excluding hydrogens is 302 g/mol. The zero-order valence-electron chi connectivity index (χ0n) is 12.4. The Labute approximate surface area is 131 Å². The maximum absolute atomic E-state index is 11.8. The van der Waals surface area contributed by atoms with E-state index in [1.54, 1.807) is 25.4 Å². The number of hydrogen-bond donors (Lipinski definition) is 1. The molecule has 0 unspecified atom stereocenters. The van der Waals surface area contributed by atoms with Crippen molar-refractivity contribution in [3.63, 3.8) is 0 Å². The molecule has 0 bridgehead atoms. The summed E-state index contributed by atoms with van der Waals surface area (Å²) in [5.74, 6) is -0.717. The van der Waals surface area contributed by atoms with Crippen molar-refractivity contribution in [1.82, 2.24) is 15.2 Å². The number of hydrogen-bond acceptors (Lipinski definition) is 8. The van der Waals surface area contributed by atoms with Crippen LogP contribution in [-0.2, 0) is 11.2 Å². The van der Waals surface area contributed by atoms with Gasteiger partial charge in [-0.05, 0) is 31.0 Å². The minimum atomic E-state index is -0.747. The second kappa shape index (κ2) is 7.78. The highest BCUT2D eigenvalue weighted by Gasteiger charge is 2.26. The summed E-state index contributed by atoms with van der Waals surface area (Å²) < 4.78 is 4.83. The Hall–Kier alpha value is -3.10. The number of aromatic nitrogens is 3. The number of carbonyl (C=O) groups is 1. The normalized spacial score (nSPS) is 10.1. The molecule has 2 heterocycles. The molecule has 2 rings (SSSR count). The summed E-state index contributed by atoms with van der Waals surface area (Å²) >= 11 is 0. The lowest BCUT2D eigenvalue weighted by molar-refractivity contribution is -0.384. The highest BCUT2D eigenvalue weighted by Crippen LogP contribution is 2.27. The molecule has 2 aromatic rings. The van der Waals surface area contributed by atoms with E-state index < -0.39 is 10.9 Å². The molecule has 0 atom stereocenters. The first-order valence-corrected chi connectivity index (χ1v) is 6.93. The molecule has 0 aliphatic rings. The maximum Gasteiger partial charge on any atom is 0.345 e. The van der Waals surface area contributed by atoms with Crippen molar-refractivity contribution in [2.24, 2.45) is 0 Å². The van der Waals surface area contributed by atoms with Crippen molar-refractivity contribution in [2.75, 3.05) is 18.5 Å². The van der Waals surface area contributed by atoms with Gasteiger partial charge in [0.1, 0.15) is 5.56 Å². The van der Waals surface area contributed by atoms with Crippen LogP contribution in [0.5, 0.6) is 0 Å². The molecule has 0 fully saturated rings. The Morgan fingerprint density at radius 1 is 1.35 bits per heavy atom. The van der Waals surface area contributed by atoms with Crippen molar-refractivity contribution in [1.29, 1.82) is 0 Å². The molecule has 0 radical (unpaired) electrons. The van der Waals surface area contributed by atoms with Crippen LogP contribution < -0.4 is 5.32 Å². The molecule has 120 valence electrons. The third-order valence-corrected chi connectivity index (χ3v) is 2.95. The van der Waals surface area contributed by atoms with Gasteiger partial charge in [0, 0.05) is 18.9 Å². The van der Waals surface area contributed by atoms with Crippen LogP contribution in [0.1, 0.15) is 22.8 Å². The lowest BCUT2D eigenvalue weighted by Gasteiger charge is -2.08. The molecule has 0 aromatic carbocycles. The summed E-state index contributed by atoms with van der Waals surface area (Å²) in [6.07, 6.45) is 5.09. The molecule has 1 N–H and O–H groups in total. The number of anilines is 1. The van der Waals surface area contributed by atoms with Gasteiger partial charge in [-0.2, -0.15) is 10.2 Å². The van der Waals surface area contributed by atoms with Gasteiger partial charge in [-0.15, -0.1) is 0 Å². The van der Waals surface area contributed by atoms with E-state index in [1.165, 1.54) is 12.3 Å². The number of nitro groups is 1. The van der Waals surface area contributed by atoms with E-state index in [2.05, 4.69) is 20.5 Å². The van der Waals surface area contributed by atoms with Crippen molar-refractivity contribution < 1.29 is 14.5 Å². The second-order valence-electron chi connectivity index (χ2n) is 4.46. The largest absolute Gasteiger partial charge is 0.462 e. The number of carbonyl (C=O) groups excluding carboxylic acids is 1. The van der Waals surface area contributed by atoms with Gasteiger partial charge in [-0.25, -0.2) is 9.78 Å². The summed E-state index contributed by atoms with van der Waals surface area (Å²) in [5, 5.41) is 21.6. The second-order valence-corrected chi connectivity index (χ2v) is 4.46. The first-order chi connectivity index (χ1) is 11.1. The summed E-state index contributed by atoms with van der Waals surface area (Å²) in [6, 6.07) is 3.07. The lowest BCUT2D eigenvalue weighted by Crippen LogP contribution is -2.13. The molecule has 0 spiro atoms. The number of esters is 1. The Morgan fingerprint density at radius 2 is 2.17 bits per heavy atom. The number of nitrogens with one attached hydrogen (secondary N) is 1. The van der Waals surface area contributed by atoms with Crippen LogP contribution in [0, 0.1) is 10.1 Å². The Bertz CT molecular complexity index is 693. The van der Waals surface area contributed by atoms with E-state index in [0.29, 0.717) is 13.0 Å². The molecule has 0 saturated heterocycles. The zero-order valence-corrected chi connectivity index (χ0v) is 12.4. The maximum atomic E-state index is 11.8. The fourth-order valence-corrected chi connectivity index (χ4v) is 1.93. The smallest absolute Gasteiger partial charge is 0.345 e. The Morgan fingerprint density at radius 3 is 2.83 bits per heavy atom. The molecule has 0 amide bonds. The molecule has 0 aliphatic carbocycles. The van der Waals surface area contributed by atoms with Crippen LogP contribution in [0.2, 0.25) is 0 Å². The van der Waals surface area contributed by atoms with Crippen molar-refractivity contribution in [3.8, 4) is 0 Å². The summed E-state index contributed by atoms with van der Waals surface area (Å²) in [4.78, 5) is 26.4. The van der Waals surface area contributed by atoms with E-state index in [1.807, 2.05) is 0 Å². The van der Waals surface area contributed by atoms with E-state index in [0.717, 1.165) is 5.56 Å². The average molecular weight is 317 g/mol. The van der Waals surface area contributed by atoms with Gasteiger partial charge < -0.3 is 10.1 Å². The summed E-state index contributed by atoms with van der Waals surface area (Å²) in [6.45, 7) is 2.16. The molecule has 9 heteroatoms. The van der Waals surface area contributed by atoms with Gasteiger partial charge in [0.25, 0.3) is 0 Å². The van der Waals surface area contributed by atoms with Crippen LogP contribution >= 0.6 is 0 Å². The standard InChI is InChI=1S/C14H15N5O4/c1-2-23-14(20)11-5-7-16-13(12(11)19(21)22)15-6-3-10-4-8-17-18-9-10/h4-5,7-9H,2-3,6H2,1H3,(H,15,16). The topological polar surface area (TPSA) is 120 Å². The molecule has 9 nitrogen and oxygen atoms in total. The number of rotatable bonds is 7. The molecule has 0 saturated carbocycles. The summed E-state index contributed by atoms with van der Waals surface area (Å²) in [7, 11) is 0. The highest BCUT2D eigenvalue weighted by molar-refractivity contribution is 5.96. The number of ether oxygens (including phenoxy) is 1. The summed E-state index contributed by atoms with van der Waals surface area (Å²) in [5.41, 5.74) is 0.412. The molecule has 23 heavy (non-hydrogen) atoms. The SMILES string of the molecule is CCOC(=O)c1ccnc(NCCc2ccnnc2)c1[N+](=O)[O-]. The number of pyridine rings is 1. The zero-order chi connectivity index (χ0) is 16.7. The van der Waals surface area contributed by atoms with E-state index >= 15 is 0 Å². The Kier molecular flexibility index (Phi) is 5.50. The Balaban J connectivity index is 2.16. The van der Waals surface area contributed by atoms with Crippen molar-refractivity contribution >= 4 is 17.5 Å². The van der Waals surface area contributed by atoms with Crippen LogP contribution in [0.3, 0.4) is 0 Å². The van der Waals surface area contributed by atoms with E-state index in [-0.39, 0.29) is 23.7 Å². The lowest BCUT2D eigenvalue weighted by atomic mass is 10.2. The predicted molar refractivity (Wildman–Crippen MR) is 81.1 cm³/mol. The number of nitrogens with zero attached hydrogens (tertiary/aromatic N) is 4. The third kappa shape index (κ3) is 4.19. The monoisotopic (exact) mass is 317 g/mol. The minimum absolute atomic E-state index is 0.0302. The van der Waals surface area contributed by atoms with Gasteiger partial charge in [0.15, 0.2) is 0 Å². The van der Waals surface area contributed by atoms with Gasteiger partial charge in [-0.1, -0.05) is 0 Å². The fraction of sp³-hybridized carbons (Fsp3) is 0.286. The van der Waals surface area contributed by atoms with Crippen LogP contribution in [-0.4, -0.2) is 39.2 Å². The van der Waals surface area contributed by atoms with Gasteiger partial charge in [0.05, 0.1) is 17.7 Å². The fourth-order valence-electron chi connectivity index (χ4n) is 1.93. The predicted octanol–water partition coefficient (Wildman–Crippen LogP) is 1.61. The van der Waals surface area contributed by atoms with Crippen LogP contribution in [0.25, 0.3) is 0 Å². The first-order valence-electron chi connectivity index (χ1n) is 6.93. The van der Waals surface area contributed by atoms with Crippen molar-refractivity contribution in [2.45, 2.75) is 13.3 Å². The average Bonchev–Trinajstić information content (AvgIpc) is 2.55. The van der Waals surface area contributed by atoms with E-state index in [4.69, 9.17) is 4.74 Å². The quantitative estimate of drug-likeness (QED) is 0.464. The van der Waals surface area contributed by atoms with E-state index in [9.17, 15) is 14.9 Å². The minimum Gasteiger partial charge on any atom is -0.462 e. The van der Waals surface area contributed by atoms with Crippen LogP contribution in [0.15, 0.2) is 30.7 Å².